The van der Waals surface area contributed by atoms with Crippen molar-refractivity contribution in [2.45, 2.75) is 39.7 Å². The first-order valence-corrected chi connectivity index (χ1v) is 7.37. The lowest BCUT2D eigenvalue weighted by atomic mass is 10.1. The van der Waals surface area contributed by atoms with Crippen molar-refractivity contribution in [3.8, 4) is 0 Å². The number of hydrogen-bond donors (Lipinski definition) is 1. The van der Waals surface area contributed by atoms with Crippen LogP contribution < -0.4 is 5.32 Å². The van der Waals surface area contributed by atoms with Crippen LogP contribution in [0, 0.1) is 10.1 Å². The van der Waals surface area contributed by atoms with E-state index in [9.17, 15) is 24.5 Å². The first-order valence-electron chi connectivity index (χ1n) is 7.37. The quantitative estimate of drug-likeness (QED) is 0.355. The Kier molecular flexibility index (Phi) is 6.54. The van der Waals surface area contributed by atoms with Crippen LogP contribution in [0.15, 0.2) is 12.1 Å². The molecular formula is C15H19N3O7. The fourth-order valence-corrected chi connectivity index (χ4v) is 1.70. The van der Waals surface area contributed by atoms with E-state index in [1.807, 2.05) is 0 Å². The number of carbonyl (C=O) groups excluding carboxylic acids is 3. The summed E-state index contributed by atoms with van der Waals surface area (Å²) in [7, 11) is 0. The second kappa shape index (κ2) is 8.18. The van der Waals surface area contributed by atoms with Gasteiger partial charge in [-0.05, 0) is 33.8 Å². The molecule has 0 unspecified atom stereocenters. The number of aromatic nitrogens is 1. The van der Waals surface area contributed by atoms with Crippen molar-refractivity contribution in [1.82, 2.24) is 4.98 Å². The molecule has 1 heterocycles. The molecule has 0 fully saturated rings. The number of rotatable bonds is 6. The maximum atomic E-state index is 11.7. The Bertz CT molecular complexity index is 695. The Labute approximate surface area is 143 Å². The molecule has 0 aliphatic carbocycles. The molecule has 1 N–H and O–H groups in total. The number of ketones is 1. The average molecular weight is 353 g/mol. The first kappa shape index (κ1) is 20.0. The zero-order valence-electron chi connectivity index (χ0n) is 14.3. The predicted molar refractivity (Wildman–Crippen MR) is 86.1 cm³/mol. The molecule has 10 heteroatoms. The van der Waals surface area contributed by atoms with Gasteiger partial charge in [0.05, 0.1) is 18.0 Å². The van der Waals surface area contributed by atoms with Gasteiger partial charge < -0.3 is 9.47 Å². The number of pyridine rings is 1. The molecule has 0 saturated carbocycles. The monoisotopic (exact) mass is 353 g/mol. The van der Waals surface area contributed by atoms with E-state index < -0.39 is 40.5 Å². The van der Waals surface area contributed by atoms with Gasteiger partial charge in [-0.1, -0.05) is 0 Å². The Morgan fingerprint density at radius 3 is 2.44 bits per heavy atom. The Morgan fingerprint density at radius 2 is 1.92 bits per heavy atom. The molecule has 1 aromatic heterocycles. The number of nitrogens with one attached hydrogen (secondary N) is 1. The summed E-state index contributed by atoms with van der Waals surface area (Å²) in [6, 6.07) is 2.27. The Hall–Kier alpha value is -3.04. The van der Waals surface area contributed by atoms with Gasteiger partial charge in [-0.3, -0.25) is 20.2 Å². The van der Waals surface area contributed by atoms with E-state index >= 15 is 0 Å². The predicted octanol–water partition coefficient (Wildman–Crippen LogP) is 2.01. The molecular weight excluding hydrogens is 334 g/mol. The number of anilines is 1. The number of amides is 1. The van der Waals surface area contributed by atoms with E-state index in [-0.39, 0.29) is 18.1 Å². The number of esters is 1. The molecule has 0 atom stereocenters. The lowest BCUT2D eigenvalue weighted by Crippen LogP contribution is -2.27. The summed E-state index contributed by atoms with van der Waals surface area (Å²) in [5, 5.41) is 13.4. The lowest BCUT2D eigenvalue weighted by molar-refractivity contribution is -0.385. The van der Waals surface area contributed by atoms with Crippen LogP contribution in [0.1, 0.15) is 33.4 Å². The summed E-state index contributed by atoms with van der Waals surface area (Å²) < 4.78 is 9.60. The van der Waals surface area contributed by atoms with Crippen LogP contribution in [-0.4, -0.2) is 40.0 Å². The molecule has 0 spiro atoms. The van der Waals surface area contributed by atoms with Crippen molar-refractivity contribution in [1.29, 1.82) is 0 Å². The maximum Gasteiger partial charge on any atom is 0.413 e. The molecule has 0 aromatic carbocycles. The highest BCUT2D eigenvalue weighted by atomic mass is 16.6. The molecule has 136 valence electrons. The van der Waals surface area contributed by atoms with Gasteiger partial charge in [-0.2, -0.15) is 0 Å². The first-order chi connectivity index (χ1) is 11.5. The second-order valence-electron chi connectivity index (χ2n) is 5.87. The van der Waals surface area contributed by atoms with Gasteiger partial charge in [0, 0.05) is 6.07 Å². The number of nitrogens with zero attached hydrogens (tertiary/aromatic N) is 2. The number of Topliss-reactive ketones (excluding diaryl/α,β-unsaturated/α-hetero) is 1. The Balaban J connectivity index is 3.01. The highest BCUT2D eigenvalue weighted by molar-refractivity contribution is 6.34. The smallest absolute Gasteiger partial charge is 0.413 e. The fourth-order valence-electron chi connectivity index (χ4n) is 1.70. The van der Waals surface area contributed by atoms with E-state index in [1.54, 1.807) is 20.8 Å². The van der Waals surface area contributed by atoms with Crippen LogP contribution >= 0.6 is 0 Å². The van der Waals surface area contributed by atoms with Gasteiger partial charge in [0.2, 0.25) is 5.78 Å². The van der Waals surface area contributed by atoms with Crippen LogP contribution in [0.3, 0.4) is 0 Å². The third kappa shape index (κ3) is 6.53. The van der Waals surface area contributed by atoms with Gasteiger partial charge in [-0.25, -0.2) is 14.6 Å². The number of hydrogen-bond acceptors (Lipinski definition) is 8. The van der Waals surface area contributed by atoms with Crippen molar-refractivity contribution in [3.05, 3.63) is 27.9 Å². The van der Waals surface area contributed by atoms with Crippen LogP contribution in [0.2, 0.25) is 0 Å². The minimum absolute atomic E-state index is 0.000332. The molecule has 0 radical (unpaired) electrons. The Morgan fingerprint density at radius 1 is 1.28 bits per heavy atom. The van der Waals surface area contributed by atoms with E-state index in [4.69, 9.17) is 4.74 Å². The zero-order chi connectivity index (χ0) is 19.2. The van der Waals surface area contributed by atoms with Crippen molar-refractivity contribution >= 4 is 29.4 Å². The number of carbonyl (C=O) groups is 3. The highest BCUT2D eigenvalue weighted by Gasteiger charge is 2.24. The van der Waals surface area contributed by atoms with Crippen LogP contribution in [0.4, 0.5) is 16.3 Å². The summed E-state index contributed by atoms with van der Waals surface area (Å²) in [5.41, 5.74) is -1.46. The highest BCUT2D eigenvalue weighted by Crippen LogP contribution is 2.20. The van der Waals surface area contributed by atoms with Gasteiger partial charge >= 0.3 is 12.1 Å². The molecule has 0 bridgehead atoms. The summed E-state index contributed by atoms with van der Waals surface area (Å²) >= 11 is 0. The number of nitro groups is 1. The van der Waals surface area contributed by atoms with Gasteiger partial charge in [-0.15, -0.1) is 0 Å². The van der Waals surface area contributed by atoms with Gasteiger partial charge in [0.25, 0.3) is 5.69 Å². The third-order valence-corrected chi connectivity index (χ3v) is 2.61. The second-order valence-corrected chi connectivity index (χ2v) is 5.87. The molecule has 1 aromatic rings. The molecule has 10 nitrogen and oxygen atoms in total. The molecule has 0 aliphatic rings. The van der Waals surface area contributed by atoms with Crippen molar-refractivity contribution in [3.63, 3.8) is 0 Å². The fraction of sp³-hybridized carbons (Fsp3) is 0.467. The minimum atomic E-state index is -1.11. The van der Waals surface area contributed by atoms with Gasteiger partial charge in [0.15, 0.2) is 0 Å². The van der Waals surface area contributed by atoms with E-state index in [0.29, 0.717) is 0 Å². The summed E-state index contributed by atoms with van der Waals surface area (Å²) in [6.07, 6.45) is -1.43. The standard InChI is InChI=1S/C15H19N3O7/c1-5-24-13(20)11(19)8-9-10(18(22)23)6-7-12(16-9)17-14(21)25-15(2,3)4/h6-7H,5,8H2,1-4H3,(H,16,17,21). The largest absolute Gasteiger partial charge is 0.460 e. The van der Waals surface area contributed by atoms with E-state index in [1.165, 1.54) is 13.0 Å². The molecule has 1 amide bonds. The van der Waals surface area contributed by atoms with E-state index in [2.05, 4.69) is 15.0 Å². The van der Waals surface area contributed by atoms with Gasteiger partial charge in [0.1, 0.15) is 17.1 Å². The summed E-state index contributed by atoms with van der Waals surface area (Å²) in [4.78, 5) is 49.0. The van der Waals surface area contributed by atoms with E-state index in [0.717, 1.165) is 6.07 Å². The van der Waals surface area contributed by atoms with Crippen molar-refractivity contribution in [2.24, 2.45) is 0 Å². The van der Waals surface area contributed by atoms with Crippen molar-refractivity contribution in [2.75, 3.05) is 11.9 Å². The van der Waals surface area contributed by atoms with Crippen LogP contribution in [0.25, 0.3) is 0 Å². The molecule has 0 aliphatic heterocycles. The zero-order valence-corrected chi connectivity index (χ0v) is 14.3. The topological polar surface area (TPSA) is 138 Å². The molecule has 1 rings (SSSR count). The summed E-state index contributed by atoms with van der Waals surface area (Å²) in [5.74, 6) is -2.14. The molecule has 0 saturated heterocycles. The molecule has 25 heavy (non-hydrogen) atoms. The lowest BCUT2D eigenvalue weighted by Gasteiger charge is -2.19. The van der Waals surface area contributed by atoms with Crippen LogP contribution in [-0.2, 0) is 25.5 Å². The number of ether oxygens (including phenoxy) is 2. The normalized spacial score (nSPS) is 10.7. The summed E-state index contributed by atoms with van der Waals surface area (Å²) in [6.45, 7) is 6.52. The average Bonchev–Trinajstić information content (AvgIpc) is 2.45. The third-order valence-electron chi connectivity index (χ3n) is 2.61. The SMILES string of the molecule is CCOC(=O)C(=O)Cc1nc(NC(=O)OC(C)(C)C)ccc1[N+](=O)[O-]. The minimum Gasteiger partial charge on any atom is -0.460 e. The maximum absolute atomic E-state index is 11.7. The van der Waals surface area contributed by atoms with Crippen LogP contribution in [0.5, 0.6) is 0 Å². The van der Waals surface area contributed by atoms with Crippen molar-refractivity contribution < 1.29 is 28.8 Å².